The Bertz CT molecular complexity index is 364. The van der Waals surface area contributed by atoms with Crippen LogP contribution in [-0.2, 0) is 13.6 Å². The molecule has 1 saturated heterocycles. The average molecular weight is 266 g/mol. The van der Waals surface area contributed by atoms with Gasteiger partial charge in [0.2, 0.25) is 0 Å². The van der Waals surface area contributed by atoms with Crippen molar-refractivity contribution < 1.29 is 0 Å². The van der Waals surface area contributed by atoms with Gasteiger partial charge in [0.15, 0.2) is 0 Å². The van der Waals surface area contributed by atoms with Crippen LogP contribution in [0.4, 0.5) is 0 Å². The highest BCUT2D eigenvalue weighted by molar-refractivity contribution is 4.92. The predicted octanol–water partition coefficient (Wildman–Crippen LogP) is 0.0617. The van der Waals surface area contributed by atoms with Crippen molar-refractivity contribution in [2.45, 2.75) is 25.8 Å². The fourth-order valence-electron chi connectivity index (χ4n) is 2.58. The monoisotopic (exact) mass is 266 g/mol. The van der Waals surface area contributed by atoms with Crippen molar-refractivity contribution in [2.75, 3.05) is 39.3 Å². The molecule has 6 heteroatoms. The third kappa shape index (κ3) is 4.89. The molecule has 1 aromatic heterocycles. The predicted molar refractivity (Wildman–Crippen MR) is 75.6 cm³/mol. The third-order valence-corrected chi connectivity index (χ3v) is 3.65. The van der Waals surface area contributed by atoms with Crippen LogP contribution in [0.25, 0.3) is 0 Å². The van der Waals surface area contributed by atoms with Gasteiger partial charge in [0.05, 0.1) is 5.69 Å². The highest BCUT2D eigenvalue weighted by Gasteiger charge is 2.15. The van der Waals surface area contributed by atoms with Crippen molar-refractivity contribution in [3.05, 3.63) is 11.9 Å². The summed E-state index contributed by atoms with van der Waals surface area (Å²) in [5.74, 6) is 0. The maximum absolute atomic E-state index is 5.54. The second-order valence-electron chi connectivity index (χ2n) is 5.35. The van der Waals surface area contributed by atoms with Gasteiger partial charge in [-0.1, -0.05) is 5.21 Å². The minimum atomic E-state index is 0.812. The van der Waals surface area contributed by atoms with Crippen molar-refractivity contribution in [3.8, 4) is 0 Å². The molecule has 108 valence electrons. The Hall–Kier alpha value is -0.980. The summed E-state index contributed by atoms with van der Waals surface area (Å²) in [7, 11) is 1.91. The Morgan fingerprint density at radius 1 is 1.16 bits per heavy atom. The molecule has 2 rings (SSSR count). The maximum atomic E-state index is 5.54. The summed E-state index contributed by atoms with van der Waals surface area (Å²) in [5.41, 5.74) is 6.61. The summed E-state index contributed by atoms with van der Waals surface area (Å²) in [4.78, 5) is 5.04. The summed E-state index contributed by atoms with van der Waals surface area (Å²) < 4.78 is 1.77. The molecule has 0 aromatic carbocycles. The molecule has 0 unspecified atom stereocenters. The van der Waals surface area contributed by atoms with Gasteiger partial charge in [-0.25, -0.2) is 0 Å². The van der Waals surface area contributed by atoms with Gasteiger partial charge in [-0.15, -0.1) is 5.10 Å². The Morgan fingerprint density at radius 3 is 2.68 bits per heavy atom. The molecule has 1 aliphatic rings. The fourth-order valence-corrected chi connectivity index (χ4v) is 2.58. The lowest BCUT2D eigenvalue weighted by Gasteiger charge is -2.20. The number of nitrogens with zero attached hydrogens (tertiary/aromatic N) is 5. The Kier molecular flexibility index (Phi) is 5.75. The van der Waals surface area contributed by atoms with E-state index in [0.29, 0.717) is 0 Å². The molecule has 0 atom stereocenters. The normalized spacial score (nSPS) is 18.6. The van der Waals surface area contributed by atoms with Crippen LogP contribution in [-0.4, -0.2) is 64.1 Å². The van der Waals surface area contributed by atoms with Gasteiger partial charge in [0.25, 0.3) is 0 Å². The number of nitrogens with two attached hydrogens (primary N) is 1. The van der Waals surface area contributed by atoms with E-state index in [1.54, 1.807) is 4.68 Å². The number of aryl methyl sites for hydroxylation is 1. The van der Waals surface area contributed by atoms with Crippen LogP contribution in [0.5, 0.6) is 0 Å². The molecule has 0 saturated carbocycles. The first-order valence-corrected chi connectivity index (χ1v) is 7.28. The van der Waals surface area contributed by atoms with E-state index in [0.717, 1.165) is 44.8 Å². The zero-order chi connectivity index (χ0) is 13.5. The quantitative estimate of drug-likeness (QED) is 0.738. The second kappa shape index (κ2) is 7.57. The summed E-state index contributed by atoms with van der Waals surface area (Å²) in [6, 6.07) is 0. The molecular weight excluding hydrogens is 240 g/mol. The van der Waals surface area contributed by atoms with E-state index in [1.807, 2.05) is 13.2 Å². The molecule has 0 amide bonds. The SMILES string of the molecule is Cn1cc(CN2CCCN(CCCCN)CC2)nn1. The molecule has 1 aromatic rings. The lowest BCUT2D eigenvalue weighted by Crippen LogP contribution is -2.31. The molecule has 0 radical (unpaired) electrons. The lowest BCUT2D eigenvalue weighted by atomic mass is 10.3. The van der Waals surface area contributed by atoms with Crippen molar-refractivity contribution in [2.24, 2.45) is 12.8 Å². The summed E-state index contributed by atoms with van der Waals surface area (Å²) in [5, 5.41) is 8.15. The highest BCUT2D eigenvalue weighted by Crippen LogP contribution is 2.07. The van der Waals surface area contributed by atoms with Gasteiger partial charge in [0, 0.05) is 32.9 Å². The van der Waals surface area contributed by atoms with Crippen molar-refractivity contribution >= 4 is 0 Å². The number of unbranched alkanes of at least 4 members (excludes halogenated alkanes) is 1. The Balaban J connectivity index is 1.73. The molecule has 2 N–H and O–H groups in total. The average Bonchev–Trinajstić information content (AvgIpc) is 2.67. The standard InChI is InChI=1S/C13H26N6/c1-17-11-13(15-16-17)12-19-8-4-7-18(9-10-19)6-3-2-5-14/h11H,2-10,12,14H2,1H3. The smallest absolute Gasteiger partial charge is 0.0967 e. The maximum Gasteiger partial charge on any atom is 0.0967 e. The summed E-state index contributed by atoms with van der Waals surface area (Å²) in [6.07, 6.45) is 5.60. The van der Waals surface area contributed by atoms with E-state index < -0.39 is 0 Å². The van der Waals surface area contributed by atoms with Crippen LogP contribution in [0.15, 0.2) is 6.20 Å². The minimum Gasteiger partial charge on any atom is -0.330 e. The van der Waals surface area contributed by atoms with Gasteiger partial charge in [-0.2, -0.15) is 0 Å². The van der Waals surface area contributed by atoms with Crippen LogP contribution in [0.2, 0.25) is 0 Å². The van der Waals surface area contributed by atoms with Gasteiger partial charge < -0.3 is 10.6 Å². The number of rotatable bonds is 6. The molecule has 19 heavy (non-hydrogen) atoms. The number of hydrogen-bond donors (Lipinski definition) is 1. The molecule has 1 aliphatic heterocycles. The fraction of sp³-hybridized carbons (Fsp3) is 0.846. The lowest BCUT2D eigenvalue weighted by molar-refractivity contribution is 0.247. The summed E-state index contributed by atoms with van der Waals surface area (Å²) in [6.45, 7) is 7.57. The highest BCUT2D eigenvalue weighted by atomic mass is 15.4. The van der Waals surface area contributed by atoms with Crippen LogP contribution in [0.3, 0.4) is 0 Å². The first-order valence-electron chi connectivity index (χ1n) is 7.28. The molecule has 2 heterocycles. The first kappa shape index (κ1) is 14.4. The molecule has 0 bridgehead atoms. The minimum absolute atomic E-state index is 0.812. The zero-order valence-corrected chi connectivity index (χ0v) is 12.0. The topological polar surface area (TPSA) is 63.2 Å². The Morgan fingerprint density at radius 2 is 1.95 bits per heavy atom. The Labute approximate surface area is 115 Å². The van der Waals surface area contributed by atoms with Crippen LogP contribution in [0, 0.1) is 0 Å². The van der Waals surface area contributed by atoms with Gasteiger partial charge in [0.1, 0.15) is 0 Å². The van der Waals surface area contributed by atoms with E-state index >= 15 is 0 Å². The van der Waals surface area contributed by atoms with Gasteiger partial charge >= 0.3 is 0 Å². The molecule has 1 fully saturated rings. The van der Waals surface area contributed by atoms with Crippen LogP contribution in [0.1, 0.15) is 25.0 Å². The molecular formula is C13H26N6. The molecule has 0 aliphatic carbocycles. The largest absolute Gasteiger partial charge is 0.330 e. The first-order chi connectivity index (χ1) is 9.28. The summed E-state index contributed by atoms with van der Waals surface area (Å²) >= 11 is 0. The third-order valence-electron chi connectivity index (χ3n) is 3.65. The molecule has 0 spiro atoms. The number of aromatic nitrogens is 3. The van der Waals surface area contributed by atoms with Crippen LogP contribution < -0.4 is 5.73 Å². The van der Waals surface area contributed by atoms with Gasteiger partial charge in [-0.3, -0.25) is 9.58 Å². The van der Waals surface area contributed by atoms with E-state index in [2.05, 4.69) is 20.1 Å². The van der Waals surface area contributed by atoms with Crippen LogP contribution >= 0.6 is 0 Å². The van der Waals surface area contributed by atoms with E-state index in [9.17, 15) is 0 Å². The van der Waals surface area contributed by atoms with Crippen molar-refractivity contribution in [1.29, 1.82) is 0 Å². The van der Waals surface area contributed by atoms with Crippen molar-refractivity contribution in [3.63, 3.8) is 0 Å². The zero-order valence-electron chi connectivity index (χ0n) is 12.0. The van der Waals surface area contributed by atoms with E-state index in [1.165, 1.54) is 25.9 Å². The molecule has 6 nitrogen and oxygen atoms in total. The second-order valence-corrected chi connectivity index (χ2v) is 5.35. The number of hydrogen-bond acceptors (Lipinski definition) is 5. The van der Waals surface area contributed by atoms with Gasteiger partial charge in [-0.05, 0) is 45.4 Å². The van der Waals surface area contributed by atoms with Crippen molar-refractivity contribution in [1.82, 2.24) is 24.8 Å². The van der Waals surface area contributed by atoms with E-state index in [4.69, 9.17) is 5.73 Å². The van der Waals surface area contributed by atoms with E-state index in [-0.39, 0.29) is 0 Å².